The van der Waals surface area contributed by atoms with Crippen molar-refractivity contribution in [3.05, 3.63) is 51.7 Å². The quantitative estimate of drug-likeness (QED) is 0.367. The normalized spacial score (nSPS) is 15.5. The van der Waals surface area contributed by atoms with E-state index in [1.807, 2.05) is 18.4 Å². The van der Waals surface area contributed by atoms with Crippen molar-refractivity contribution in [1.29, 1.82) is 0 Å². The van der Waals surface area contributed by atoms with E-state index >= 15 is 0 Å². The third kappa shape index (κ3) is 5.61. The average molecular weight is 484 g/mol. The van der Waals surface area contributed by atoms with E-state index in [4.69, 9.17) is 0 Å². The molecule has 1 unspecified atom stereocenters. The highest BCUT2D eigenvalue weighted by Gasteiger charge is 2.14. The van der Waals surface area contributed by atoms with E-state index in [2.05, 4.69) is 70.8 Å². The summed E-state index contributed by atoms with van der Waals surface area (Å²) < 4.78 is 0. The van der Waals surface area contributed by atoms with Crippen LogP contribution in [0.3, 0.4) is 0 Å². The van der Waals surface area contributed by atoms with Crippen LogP contribution in [0.4, 0.5) is 5.69 Å². The van der Waals surface area contributed by atoms with Gasteiger partial charge in [-0.2, -0.15) is 0 Å². The van der Waals surface area contributed by atoms with Crippen LogP contribution in [0.25, 0.3) is 0 Å². The second-order valence-corrected chi connectivity index (χ2v) is 7.97. The van der Waals surface area contributed by atoms with Crippen LogP contribution in [-0.4, -0.2) is 26.1 Å². The van der Waals surface area contributed by atoms with E-state index in [1.54, 1.807) is 0 Å². The molecule has 26 heavy (non-hydrogen) atoms. The van der Waals surface area contributed by atoms with Gasteiger partial charge in [0.1, 0.15) is 0 Å². The number of nitrogens with zero attached hydrogens (tertiary/aromatic N) is 2. The van der Waals surface area contributed by atoms with E-state index in [0.29, 0.717) is 0 Å². The Morgan fingerprint density at radius 2 is 2.00 bits per heavy atom. The first-order chi connectivity index (χ1) is 12.2. The molecule has 3 rings (SSSR count). The topological polar surface area (TPSA) is 39.7 Å². The first kappa shape index (κ1) is 21.0. The van der Waals surface area contributed by atoms with Crippen LogP contribution < -0.4 is 15.5 Å². The van der Waals surface area contributed by atoms with Crippen LogP contribution in [0.15, 0.2) is 41.4 Å². The van der Waals surface area contributed by atoms with Crippen LogP contribution in [-0.2, 0) is 6.54 Å². The number of benzene rings is 1. The van der Waals surface area contributed by atoms with Gasteiger partial charge in [-0.3, -0.25) is 4.99 Å². The number of anilines is 1. The third-order valence-corrected chi connectivity index (χ3v) is 5.65. The summed E-state index contributed by atoms with van der Waals surface area (Å²) in [5.41, 5.74) is 2.62. The minimum atomic E-state index is 0. The van der Waals surface area contributed by atoms with Gasteiger partial charge < -0.3 is 15.5 Å². The number of hydrogen-bond acceptors (Lipinski definition) is 3. The van der Waals surface area contributed by atoms with E-state index in [0.717, 1.165) is 12.5 Å². The summed E-state index contributed by atoms with van der Waals surface area (Å²) in [7, 11) is 1.82. The van der Waals surface area contributed by atoms with Crippen molar-refractivity contribution in [2.75, 3.05) is 25.0 Å². The Morgan fingerprint density at radius 3 is 2.65 bits per heavy atom. The van der Waals surface area contributed by atoms with E-state index < -0.39 is 0 Å². The minimum Gasteiger partial charge on any atom is -0.372 e. The van der Waals surface area contributed by atoms with Crippen LogP contribution in [0.5, 0.6) is 0 Å². The van der Waals surface area contributed by atoms with Crippen molar-refractivity contribution >= 4 is 47.0 Å². The van der Waals surface area contributed by atoms with Gasteiger partial charge in [0.05, 0.1) is 12.6 Å². The zero-order chi connectivity index (χ0) is 17.6. The lowest BCUT2D eigenvalue weighted by molar-refractivity contribution is 0.686. The summed E-state index contributed by atoms with van der Waals surface area (Å²) in [6.45, 7) is 7.48. The smallest absolute Gasteiger partial charge is 0.191 e. The molecule has 1 aromatic heterocycles. The van der Waals surface area contributed by atoms with E-state index in [1.165, 1.54) is 46.9 Å². The SMILES string of the molecule is CN=C(NCc1ccc(C)s1)NC(C)c1cccc(N2CCCC2)c1.I. The fourth-order valence-electron chi connectivity index (χ4n) is 3.20. The van der Waals surface area contributed by atoms with Crippen LogP contribution in [0.1, 0.15) is 41.1 Å². The summed E-state index contributed by atoms with van der Waals surface area (Å²) in [4.78, 5) is 9.50. The molecule has 0 radical (unpaired) electrons. The average Bonchev–Trinajstić information content (AvgIpc) is 3.30. The second kappa shape index (κ2) is 10.2. The maximum absolute atomic E-state index is 4.36. The minimum absolute atomic E-state index is 0. The fraction of sp³-hybridized carbons (Fsp3) is 0.450. The van der Waals surface area contributed by atoms with E-state index in [9.17, 15) is 0 Å². The van der Waals surface area contributed by atoms with Gasteiger partial charge in [-0.1, -0.05) is 12.1 Å². The zero-order valence-corrected chi connectivity index (χ0v) is 18.9. The number of hydrogen-bond donors (Lipinski definition) is 2. The molecule has 1 aliphatic heterocycles. The maximum Gasteiger partial charge on any atom is 0.191 e. The van der Waals surface area contributed by atoms with Crippen molar-refractivity contribution < 1.29 is 0 Å². The molecule has 2 N–H and O–H groups in total. The first-order valence-electron chi connectivity index (χ1n) is 9.03. The molecule has 2 aromatic rings. The van der Waals surface area contributed by atoms with Gasteiger partial charge in [-0.05, 0) is 56.5 Å². The maximum atomic E-state index is 4.36. The van der Waals surface area contributed by atoms with Gasteiger partial charge in [0, 0.05) is 35.6 Å². The van der Waals surface area contributed by atoms with Crippen LogP contribution in [0, 0.1) is 6.92 Å². The third-order valence-electron chi connectivity index (χ3n) is 4.64. The summed E-state index contributed by atoms with van der Waals surface area (Å²) in [6, 6.07) is 13.4. The Hall–Kier alpha value is -1.28. The monoisotopic (exact) mass is 484 g/mol. The molecule has 0 aliphatic carbocycles. The van der Waals surface area contributed by atoms with Gasteiger partial charge in [0.25, 0.3) is 0 Å². The molecule has 6 heteroatoms. The molecule has 1 aliphatic rings. The number of rotatable bonds is 5. The molecule has 1 fully saturated rings. The fourth-order valence-corrected chi connectivity index (χ4v) is 4.03. The molecule has 142 valence electrons. The standard InChI is InChI=1S/C20H28N4S.HI/c1-15-9-10-19(25-15)14-22-20(21-3)23-16(2)17-7-6-8-18(13-17)24-11-4-5-12-24;/h6-10,13,16H,4-5,11-12,14H2,1-3H3,(H2,21,22,23);1H. The molecule has 1 atom stereocenters. The summed E-state index contributed by atoms with van der Waals surface area (Å²) in [6.07, 6.45) is 2.60. The Kier molecular flexibility index (Phi) is 8.21. The van der Waals surface area contributed by atoms with E-state index in [-0.39, 0.29) is 30.0 Å². The molecule has 0 amide bonds. The Balaban J connectivity index is 0.00000243. The number of aliphatic imine (C=N–C) groups is 1. The zero-order valence-electron chi connectivity index (χ0n) is 15.8. The molecule has 2 heterocycles. The van der Waals surface area contributed by atoms with Gasteiger partial charge in [-0.25, -0.2) is 0 Å². The summed E-state index contributed by atoms with van der Waals surface area (Å²) >= 11 is 1.82. The van der Waals surface area contributed by atoms with Gasteiger partial charge in [0.2, 0.25) is 0 Å². The Morgan fingerprint density at radius 1 is 1.23 bits per heavy atom. The lowest BCUT2D eigenvalue weighted by Crippen LogP contribution is -2.38. The van der Waals surface area contributed by atoms with Crippen molar-refractivity contribution in [3.8, 4) is 0 Å². The Bertz CT molecular complexity index is 722. The molecule has 0 saturated carbocycles. The predicted molar refractivity (Wildman–Crippen MR) is 124 cm³/mol. The van der Waals surface area contributed by atoms with Gasteiger partial charge in [-0.15, -0.1) is 35.3 Å². The molecule has 4 nitrogen and oxygen atoms in total. The summed E-state index contributed by atoms with van der Waals surface area (Å²) in [5, 5.41) is 6.91. The number of halogens is 1. The lowest BCUT2D eigenvalue weighted by atomic mass is 10.1. The number of guanidine groups is 1. The van der Waals surface area contributed by atoms with Gasteiger partial charge >= 0.3 is 0 Å². The highest BCUT2D eigenvalue weighted by atomic mass is 127. The molecule has 1 aromatic carbocycles. The number of nitrogens with one attached hydrogen (secondary N) is 2. The van der Waals surface area contributed by atoms with Crippen molar-refractivity contribution in [1.82, 2.24) is 10.6 Å². The Labute approximate surface area is 178 Å². The second-order valence-electron chi connectivity index (χ2n) is 6.59. The largest absolute Gasteiger partial charge is 0.372 e. The molecular weight excluding hydrogens is 455 g/mol. The van der Waals surface area contributed by atoms with Crippen LogP contribution in [0.2, 0.25) is 0 Å². The van der Waals surface area contributed by atoms with Crippen molar-refractivity contribution in [2.45, 2.75) is 39.3 Å². The predicted octanol–water partition coefficient (Wildman–Crippen LogP) is 4.70. The highest BCUT2D eigenvalue weighted by molar-refractivity contribution is 14.0. The molecule has 0 spiro atoms. The molecular formula is C20H29IN4S. The lowest BCUT2D eigenvalue weighted by Gasteiger charge is -2.22. The van der Waals surface area contributed by atoms with Gasteiger partial charge in [0.15, 0.2) is 5.96 Å². The molecule has 1 saturated heterocycles. The summed E-state index contributed by atoms with van der Waals surface area (Å²) in [5.74, 6) is 0.838. The van der Waals surface area contributed by atoms with Crippen molar-refractivity contribution in [3.63, 3.8) is 0 Å². The van der Waals surface area contributed by atoms with Crippen LogP contribution >= 0.6 is 35.3 Å². The van der Waals surface area contributed by atoms with Crippen molar-refractivity contribution in [2.24, 2.45) is 4.99 Å². The molecule has 0 bridgehead atoms. The first-order valence-corrected chi connectivity index (χ1v) is 9.85. The number of aryl methyl sites for hydroxylation is 1. The number of thiophene rings is 1. The highest BCUT2D eigenvalue weighted by Crippen LogP contribution is 2.24.